The summed E-state index contributed by atoms with van der Waals surface area (Å²) in [5, 5.41) is 40.2. The number of H-pyrrole nitrogens is 1. The summed E-state index contributed by atoms with van der Waals surface area (Å²) in [4.78, 5) is 27.6. The van der Waals surface area contributed by atoms with Gasteiger partial charge in [0.2, 0.25) is 5.91 Å². The van der Waals surface area contributed by atoms with Gasteiger partial charge in [0.25, 0.3) is 0 Å². The number of amides is 1. The van der Waals surface area contributed by atoms with Crippen LogP contribution in [0.5, 0.6) is 0 Å². The number of aliphatic hydroxyl groups excluding tert-OH is 1. The van der Waals surface area contributed by atoms with Crippen molar-refractivity contribution >= 4 is 24.0 Å². The van der Waals surface area contributed by atoms with Crippen LogP contribution in [0.1, 0.15) is 62.5 Å². The van der Waals surface area contributed by atoms with Gasteiger partial charge in [-0.15, -0.1) is 6.58 Å². The van der Waals surface area contributed by atoms with Crippen molar-refractivity contribution in [2.75, 3.05) is 0 Å². The van der Waals surface area contributed by atoms with Gasteiger partial charge in [0, 0.05) is 64.6 Å². The zero-order valence-corrected chi connectivity index (χ0v) is 25.7. The molecule has 4 aliphatic heterocycles. The summed E-state index contributed by atoms with van der Waals surface area (Å²) in [6.45, 7) is 15.8. The highest BCUT2D eigenvalue weighted by Crippen LogP contribution is 2.64. The van der Waals surface area contributed by atoms with Crippen molar-refractivity contribution in [3.8, 4) is 0 Å². The molecule has 0 spiro atoms. The van der Waals surface area contributed by atoms with Gasteiger partial charge in [0.1, 0.15) is 6.10 Å². The monoisotopic (exact) mass is 602 g/mol. The lowest BCUT2D eigenvalue weighted by Crippen LogP contribution is -2.36. The maximum absolute atomic E-state index is 12.4. The van der Waals surface area contributed by atoms with Gasteiger partial charge in [0.15, 0.2) is 11.7 Å². The van der Waals surface area contributed by atoms with E-state index < -0.39 is 11.8 Å². The molecule has 5 heterocycles. The van der Waals surface area contributed by atoms with E-state index in [-0.39, 0.29) is 60.1 Å². The van der Waals surface area contributed by atoms with Crippen LogP contribution < -0.4 is 16.0 Å². The number of aromatic amines is 1. The van der Waals surface area contributed by atoms with Crippen LogP contribution in [0.3, 0.4) is 0 Å². The van der Waals surface area contributed by atoms with Gasteiger partial charge in [-0.3, -0.25) is 9.59 Å². The number of hydrogen-bond acceptors (Lipinski definition) is 7. The molecule has 6 rings (SSSR count). The number of carbonyl (C=O) groups excluding carboxylic acids is 1. The smallest absolute Gasteiger partial charge is 0.303 e. The fourth-order valence-electron chi connectivity index (χ4n) is 7.22. The second kappa shape index (κ2) is 10.9. The first-order valence-electron chi connectivity index (χ1n) is 15.4. The van der Waals surface area contributed by atoms with E-state index >= 15 is 0 Å². The van der Waals surface area contributed by atoms with Gasteiger partial charge >= 0.3 is 5.97 Å². The fourth-order valence-corrected chi connectivity index (χ4v) is 7.22. The summed E-state index contributed by atoms with van der Waals surface area (Å²) in [6, 6.07) is -0.0713. The summed E-state index contributed by atoms with van der Waals surface area (Å²) >= 11 is 0. The van der Waals surface area contributed by atoms with E-state index in [0.717, 1.165) is 50.6 Å². The number of allylic oxidation sites excluding steroid dienone is 3. The number of carbonyl (C=O) groups is 2. The first kappa shape index (κ1) is 30.0. The Kier molecular flexibility index (Phi) is 7.41. The van der Waals surface area contributed by atoms with Gasteiger partial charge in [-0.2, -0.15) is 0 Å². The van der Waals surface area contributed by atoms with E-state index in [1.165, 1.54) is 0 Å². The predicted molar refractivity (Wildman–Crippen MR) is 167 cm³/mol. The van der Waals surface area contributed by atoms with Crippen LogP contribution in [0, 0.1) is 30.6 Å². The highest BCUT2D eigenvalue weighted by Gasteiger charge is 2.82. The van der Waals surface area contributed by atoms with Crippen LogP contribution >= 0.6 is 0 Å². The van der Waals surface area contributed by atoms with Crippen LogP contribution in [0.15, 0.2) is 59.3 Å². The third kappa shape index (κ3) is 4.99. The molecule has 0 aromatic carbocycles. The number of rotatable bonds is 11. The van der Waals surface area contributed by atoms with Gasteiger partial charge in [-0.1, -0.05) is 32.6 Å². The largest absolute Gasteiger partial charge is 0.495 e. The Morgan fingerprint density at radius 3 is 2.43 bits per heavy atom. The van der Waals surface area contributed by atoms with Gasteiger partial charge < -0.3 is 41.0 Å². The predicted octanol–water partition coefficient (Wildman–Crippen LogP) is 3.94. The van der Waals surface area contributed by atoms with E-state index in [2.05, 4.69) is 41.0 Å². The molecular weight excluding hydrogens is 560 g/mol. The molecule has 2 saturated heterocycles. The number of ether oxygens (including phenoxy) is 1. The highest BCUT2D eigenvalue weighted by atomic mass is 16.8. The molecule has 7 N–H and O–H groups in total. The van der Waals surface area contributed by atoms with Crippen molar-refractivity contribution in [3.05, 3.63) is 81.8 Å². The van der Waals surface area contributed by atoms with Crippen LogP contribution in [0.4, 0.5) is 0 Å². The van der Waals surface area contributed by atoms with Crippen LogP contribution in [0.25, 0.3) is 12.2 Å². The summed E-state index contributed by atoms with van der Waals surface area (Å²) in [6.07, 6.45) is 9.04. The number of aromatic nitrogens is 1. The number of carboxylic acids is 1. The van der Waals surface area contributed by atoms with Gasteiger partial charge in [-0.05, 0) is 67.5 Å². The average molecular weight is 603 g/mol. The zero-order valence-electron chi connectivity index (χ0n) is 25.7. The standard InChI is InChI=1S/C34H42N4O6/c1-7-19-18(6)32(41)38-27(19)13-25-17(5)22(11-23-31-34(23,43)44-31)29(36-25)14-28-21(9-10-30(39)40)16(4)24(35-28)12-26-15(3)20(8-2)33(42)37-26/h7-8,13-15,18-19,23-24,26,31,35-37,42-43H,1-2,9-12H2,3-6H3,(H,38,41)(H,39,40)/b27-13-,28-14-/t15?,18-,19-,23+,24?,26-,31?,34-/m1/s1. The van der Waals surface area contributed by atoms with Crippen molar-refractivity contribution in [1.29, 1.82) is 0 Å². The summed E-state index contributed by atoms with van der Waals surface area (Å²) in [5.41, 5.74) is 8.24. The maximum Gasteiger partial charge on any atom is 0.303 e. The Labute approximate surface area is 257 Å². The highest BCUT2D eigenvalue weighted by molar-refractivity contribution is 5.86. The molecule has 0 bridgehead atoms. The van der Waals surface area contributed by atoms with E-state index in [4.69, 9.17) is 4.74 Å². The maximum atomic E-state index is 12.4. The Morgan fingerprint density at radius 2 is 1.84 bits per heavy atom. The first-order valence-corrected chi connectivity index (χ1v) is 15.4. The second-order valence-electron chi connectivity index (χ2n) is 12.9. The molecule has 10 heteroatoms. The number of fused-ring (bicyclic) bond motifs is 1. The first-order chi connectivity index (χ1) is 20.9. The average Bonchev–Trinajstić information content (AvgIpc) is 3.57. The lowest BCUT2D eigenvalue weighted by Gasteiger charge is -2.23. The SMILES string of the molecule is C=CC1=C(O)N[C@H](CC2N/C(=C\c3[nH]c(/C=C4\NC(=O)[C@H](C)[C@H]4C=C)c(C)c3C[C@H]3C4O[C@@]43O)C(CCC(=O)O)=C2C)C1C. The Hall–Kier alpha value is -4.02. The van der Waals surface area contributed by atoms with Crippen molar-refractivity contribution in [1.82, 2.24) is 20.9 Å². The Morgan fingerprint density at radius 1 is 1.11 bits per heavy atom. The number of nitrogens with one attached hydrogen (secondary N) is 4. The quantitative estimate of drug-likeness (QED) is 0.148. The minimum absolute atomic E-state index is 0.00234. The molecule has 1 aliphatic carbocycles. The molecule has 3 fully saturated rings. The molecule has 1 aromatic heterocycles. The molecule has 5 aliphatic rings. The van der Waals surface area contributed by atoms with Crippen LogP contribution in [-0.2, 0) is 20.7 Å². The fraction of sp³-hybridized carbons (Fsp3) is 0.471. The topological polar surface area (TPSA) is 159 Å². The third-order valence-corrected chi connectivity index (χ3v) is 10.4. The molecule has 1 aromatic rings. The summed E-state index contributed by atoms with van der Waals surface area (Å²) < 4.78 is 5.30. The minimum atomic E-state index is -1.02. The molecule has 0 radical (unpaired) electrons. The van der Waals surface area contributed by atoms with E-state index in [1.807, 2.05) is 32.9 Å². The molecule has 1 amide bonds. The molecule has 10 nitrogen and oxygen atoms in total. The number of carboxylic acid groups (broad SMARTS) is 1. The molecule has 44 heavy (non-hydrogen) atoms. The van der Waals surface area contributed by atoms with E-state index in [1.54, 1.807) is 12.2 Å². The zero-order chi connectivity index (χ0) is 31.7. The molecule has 8 atom stereocenters. The van der Waals surface area contributed by atoms with E-state index in [9.17, 15) is 24.9 Å². The second-order valence-corrected chi connectivity index (χ2v) is 12.9. The third-order valence-electron chi connectivity index (χ3n) is 10.4. The van der Waals surface area contributed by atoms with Crippen LogP contribution in [-0.4, -0.2) is 56.2 Å². The van der Waals surface area contributed by atoms with Gasteiger partial charge in [0.05, 0.1) is 5.92 Å². The number of aliphatic carboxylic acids is 1. The van der Waals surface area contributed by atoms with E-state index in [0.29, 0.717) is 19.3 Å². The lowest BCUT2D eigenvalue weighted by atomic mass is 9.90. The Bertz CT molecular complexity index is 1580. The molecule has 1 saturated carbocycles. The molecule has 234 valence electrons. The number of hydrogen-bond donors (Lipinski definition) is 7. The summed E-state index contributed by atoms with van der Waals surface area (Å²) in [7, 11) is 0. The normalized spacial score (nSPS) is 35.6. The summed E-state index contributed by atoms with van der Waals surface area (Å²) in [5.74, 6) is -2.00. The van der Waals surface area contributed by atoms with Crippen LogP contribution in [0.2, 0.25) is 0 Å². The molecule has 3 unspecified atom stereocenters. The lowest BCUT2D eigenvalue weighted by molar-refractivity contribution is -0.137. The van der Waals surface area contributed by atoms with Crippen molar-refractivity contribution in [3.63, 3.8) is 0 Å². The Balaban J connectivity index is 1.34. The van der Waals surface area contributed by atoms with Crippen molar-refractivity contribution < 1.29 is 29.6 Å². The number of epoxide rings is 1. The van der Waals surface area contributed by atoms with Crippen molar-refractivity contribution in [2.45, 2.75) is 77.4 Å². The van der Waals surface area contributed by atoms with Crippen molar-refractivity contribution in [2.24, 2.45) is 23.7 Å². The number of aliphatic hydroxyl groups is 2. The minimum Gasteiger partial charge on any atom is -0.495 e. The molecular formula is C34H42N4O6. The van der Waals surface area contributed by atoms with Gasteiger partial charge in [-0.25, -0.2) is 0 Å².